The van der Waals surface area contributed by atoms with E-state index in [1.54, 1.807) is 17.7 Å². The Morgan fingerprint density at radius 1 is 1.43 bits per heavy atom. The number of aryl methyl sites for hydroxylation is 3. The molecule has 0 aliphatic carbocycles. The lowest BCUT2D eigenvalue weighted by Crippen LogP contribution is -2.11. The van der Waals surface area contributed by atoms with Crippen molar-refractivity contribution in [2.45, 2.75) is 26.8 Å². The van der Waals surface area contributed by atoms with Crippen LogP contribution >= 0.6 is 0 Å². The maximum absolute atomic E-state index is 11.5. The lowest BCUT2D eigenvalue weighted by Gasteiger charge is -2.07. The molecule has 0 saturated heterocycles. The van der Waals surface area contributed by atoms with E-state index in [1.165, 1.54) is 7.11 Å². The van der Waals surface area contributed by atoms with Crippen LogP contribution in [0.3, 0.4) is 0 Å². The standard InChI is InChI=1S/C14H19N5O2/c1-5-11-10(8-19(3)18-11)7-15-12-6-9(2)16-13(17-12)14(20)21-4/h6,8H,5,7H2,1-4H3,(H,15,16,17). The summed E-state index contributed by atoms with van der Waals surface area (Å²) in [6, 6.07) is 1.79. The number of anilines is 1. The minimum Gasteiger partial charge on any atom is -0.463 e. The van der Waals surface area contributed by atoms with Crippen LogP contribution in [0.5, 0.6) is 0 Å². The Labute approximate surface area is 123 Å². The van der Waals surface area contributed by atoms with E-state index >= 15 is 0 Å². The van der Waals surface area contributed by atoms with E-state index < -0.39 is 5.97 Å². The van der Waals surface area contributed by atoms with Crippen LogP contribution in [-0.2, 0) is 24.8 Å². The maximum Gasteiger partial charge on any atom is 0.376 e. The van der Waals surface area contributed by atoms with Gasteiger partial charge in [-0.05, 0) is 13.3 Å². The number of rotatable bonds is 5. The molecule has 0 unspecified atom stereocenters. The number of carbonyl (C=O) groups is 1. The number of methoxy groups -OCH3 is 1. The van der Waals surface area contributed by atoms with Crippen LogP contribution in [-0.4, -0.2) is 32.8 Å². The minimum atomic E-state index is -0.544. The van der Waals surface area contributed by atoms with Crippen molar-refractivity contribution in [3.05, 3.63) is 35.0 Å². The van der Waals surface area contributed by atoms with Gasteiger partial charge in [0, 0.05) is 37.1 Å². The number of ether oxygens (including phenoxy) is 1. The van der Waals surface area contributed by atoms with Gasteiger partial charge in [0.1, 0.15) is 5.82 Å². The van der Waals surface area contributed by atoms with E-state index in [0.717, 1.165) is 17.7 Å². The van der Waals surface area contributed by atoms with Gasteiger partial charge in [0.2, 0.25) is 5.82 Å². The van der Waals surface area contributed by atoms with Crippen LogP contribution in [0, 0.1) is 6.92 Å². The Kier molecular flexibility index (Phi) is 4.52. The first-order chi connectivity index (χ1) is 10.0. The van der Waals surface area contributed by atoms with Gasteiger partial charge in [0.05, 0.1) is 12.8 Å². The zero-order valence-electron chi connectivity index (χ0n) is 12.7. The van der Waals surface area contributed by atoms with Gasteiger partial charge in [-0.15, -0.1) is 0 Å². The van der Waals surface area contributed by atoms with E-state index in [-0.39, 0.29) is 5.82 Å². The Hall–Kier alpha value is -2.44. The number of hydrogen-bond donors (Lipinski definition) is 1. The van der Waals surface area contributed by atoms with Crippen molar-refractivity contribution in [1.82, 2.24) is 19.7 Å². The molecule has 112 valence electrons. The average molecular weight is 289 g/mol. The summed E-state index contributed by atoms with van der Waals surface area (Å²) in [7, 11) is 3.21. The molecule has 7 nitrogen and oxygen atoms in total. The molecule has 0 radical (unpaired) electrons. The predicted octanol–water partition coefficient (Wildman–Crippen LogP) is 1.48. The molecule has 2 rings (SSSR count). The van der Waals surface area contributed by atoms with Gasteiger partial charge >= 0.3 is 5.97 Å². The molecule has 0 saturated carbocycles. The highest BCUT2D eigenvalue weighted by atomic mass is 16.5. The Bertz CT molecular complexity index is 651. The second kappa shape index (κ2) is 6.34. The highest BCUT2D eigenvalue weighted by Gasteiger charge is 2.12. The monoisotopic (exact) mass is 289 g/mol. The zero-order chi connectivity index (χ0) is 15.4. The summed E-state index contributed by atoms with van der Waals surface area (Å²) in [5.74, 6) is 0.105. The largest absolute Gasteiger partial charge is 0.463 e. The number of hydrogen-bond acceptors (Lipinski definition) is 6. The lowest BCUT2D eigenvalue weighted by atomic mass is 10.2. The summed E-state index contributed by atoms with van der Waals surface area (Å²) in [6.07, 6.45) is 2.84. The molecule has 0 spiro atoms. The van der Waals surface area contributed by atoms with E-state index in [9.17, 15) is 4.79 Å². The van der Waals surface area contributed by atoms with Gasteiger partial charge in [-0.1, -0.05) is 6.92 Å². The normalized spacial score (nSPS) is 10.5. The van der Waals surface area contributed by atoms with Gasteiger partial charge in [0.15, 0.2) is 0 Å². The molecule has 2 heterocycles. The molecular weight excluding hydrogens is 270 g/mol. The van der Waals surface area contributed by atoms with E-state index in [1.807, 2.05) is 13.2 Å². The Balaban J connectivity index is 2.16. The van der Waals surface area contributed by atoms with Crippen molar-refractivity contribution >= 4 is 11.8 Å². The van der Waals surface area contributed by atoms with Crippen LogP contribution in [0.4, 0.5) is 5.82 Å². The molecule has 0 amide bonds. The van der Waals surface area contributed by atoms with Gasteiger partial charge in [-0.3, -0.25) is 4.68 Å². The van der Waals surface area contributed by atoms with Crippen molar-refractivity contribution in [3.8, 4) is 0 Å². The summed E-state index contributed by atoms with van der Waals surface area (Å²) in [5.41, 5.74) is 2.86. The third-order valence-corrected chi connectivity index (χ3v) is 3.01. The number of esters is 1. The third-order valence-electron chi connectivity index (χ3n) is 3.01. The van der Waals surface area contributed by atoms with E-state index in [2.05, 4.69) is 32.0 Å². The van der Waals surface area contributed by atoms with Gasteiger partial charge in [0.25, 0.3) is 0 Å². The Morgan fingerprint density at radius 2 is 2.19 bits per heavy atom. The van der Waals surface area contributed by atoms with Gasteiger partial charge in [-0.2, -0.15) is 5.10 Å². The zero-order valence-corrected chi connectivity index (χ0v) is 12.7. The first-order valence-corrected chi connectivity index (χ1v) is 6.72. The van der Waals surface area contributed by atoms with Crippen molar-refractivity contribution in [2.24, 2.45) is 7.05 Å². The van der Waals surface area contributed by atoms with Crippen molar-refractivity contribution in [2.75, 3.05) is 12.4 Å². The molecule has 0 aromatic carbocycles. The van der Waals surface area contributed by atoms with Crippen molar-refractivity contribution in [3.63, 3.8) is 0 Å². The first kappa shape index (κ1) is 15.0. The smallest absolute Gasteiger partial charge is 0.376 e. The summed E-state index contributed by atoms with van der Waals surface area (Å²) in [5, 5.41) is 7.58. The minimum absolute atomic E-state index is 0.0573. The summed E-state index contributed by atoms with van der Waals surface area (Å²) in [6.45, 7) is 4.46. The number of carbonyl (C=O) groups excluding carboxylic acids is 1. The summed E-state index contributed by atoms with van der Waals surface area (Å²) >= 11 is 0. The summed E-state index contributed by atoms with van der Waals surface area (Å²) in [4.78, 5) is 19.7. The van der Waals surface area contributed by atoms with Gasteiger partial charge < -0.3 is 10.1 Å². The fourth-order valence-corrected chi connectivity index (χ4v) is 2.06. The molecule has 1 N–H and O–H groups in total. The molecule has 2 aromatic heterocycles. The molecular formula is C14H19N5O2. The Morgan fingerprint density at radius 3 is 2.86 bits per heavy atom. The van der Waals surface area contributed by atoms with Crippen LogP contribution in [0.2, 0.25) is 0 Å². The highest BCUT2D eigenvalue weighted by molar-refractivity contribution is 5.85. The van der Waals surface area contributed by atoms with Crippen LogP contribution in [0.15, 0.2) is 12.3 Å². The predicted molar refractivity (Wildman–Crippen MR) is 78.0 cm³/mol. The van der Waals surface area contributed by atoms with Gasteiger partial charge in [-0.25, -0.2) is 14.8 Å². The van der Waals surface area contributed by atoms with Crippen LogP contribution in [0.25, 0.3) is 0 Å². The maximum atomic E-state index is 11.5. The lowest BCUT2D eigenvalue weighted by molar-refractivity contribution is 0.0586. The second-order valence-electron chi connectivity index (χ2n) is 4.69. The molecule has 7 heteroatoms. The quantitative estimate of drug-likeness (QED) is 0.840. The molecule has 21 heavy (non-hydrogen) atoms. The fourth-order valence-electron chi connectivity index (χ4n) is 2.06. The number of nitrogens with one attached hydrogen (secondary N) is 1. The SMILES string of the molecule is CCc1nn(C)cc1CNc1cc(C)nc(C(=O)OC)n1. The molecule has 0 aliphatic heterocycles. The van der Waals surface area contributed by atoms with Crippen molar-refractivity contribution in [1.29, 1.82) is 0 Å². The first-order valence-electron chi connectivity index (χ1n) is 6.72. The molecule has 2 aromatic rings. The molecule has 0 fully saturated rings. The van der Waals surface area contributed by atoms with Crippen LogP contribution in [0.1, 0.15) is 34.5 Å². The summed E-state index contributed by atoms with van der Waals surface area (Å²) < 4.78 is 6.44. The van der Waals surface area contributed by atoms with Crippen molar-refractivity contribution < 1.29 is 9.53 Å². The second-order valence-corrected chi connectivity index (χ2v) is 4.69. The number of aromatic nitrogens is 4. The average Bonchev–Trinajstić information content (AvgIpc) is 2.83. The highest BCUT2D eigenvalue weighted by Crippen LogP contribution is 2.12. The van der Waals surface area contributed by atoms with E-state index in [0.29, 0.717) is 18.1 Å². The molecule has 0 atom stereocenters. The van der Waals surface area contributed by atoms with E-state index in [4.69, 9.17) is 0 Å². The third kappa shape index (κ3) is 3.56. The fraction of sp³-hybridized carbons (Fsp3) is 0.429. The topological polar surface area (TPSA) is 81.9 Å². The molecule has 0 bridgehead atoms. The molecule has 0 aliphatic rings. The number of nitrogens with zero attached hydrogens (tertiary/aromatic N) is 4. The van der Waals surface area contributed by atoms with Crippen LogP contribution < -0.4 is 5.32 Å².